The molecule has 0 saturated heterocycles. The molecule has 140 valence electrons. The summed E-state index contributed by atoms with van der Waals surface area (Å²) in [6.07, 6.45) is 5.88. The number of benzene rings is 1. The molecular formula is C18H24N4O2S2. The molecule has 1 amide bonds. The van der Waals surface area contributed by atoms with E-state index in [9.17, 15) is 4.79 Å². The Bertz CT molecular complexity index is 731. The van der Waals surface area contributed by atoms with Gasteiger partial charge in [-0.15, -0.1) is 10.2 Å². The zero-order valence-electron chi connectivity index (χ0n) is 15.0. The van der Waals surface area contributed by atoms with Crippen LogP contribution in [0, 0.1) is 0 Å². The average Bonchev–Trinajstić information content (AvgIpc) is 3.09. The van der Waals surface area contributed by atoms with Crippen LogP contribution in [0.4, 0.5) is 10.8 Å². The number of ether oxygens (including phenoxy) is 1. The smallest absolute Gasteiger partial charge is 0.233 e. The van der Waals surface area contributed by atoms with E-state index < -0.39 is 0 Å². The second-order valence-corrected chi connectivity index (χ2v) is 8.87. The van der Waals surface area contributed by atoms with Crippen molar-refractivity contribution in [2.75, 3.05) is 12.4 Å². The van der Waals surface area contributed by atoms with Crippen LogP contribution in [0.1, 0.15) is 39.0 Å². The second-order valence-electron chi connectivity index (χ2n) is 6.30. The Labute approximate surface area is 162 Å². The Kier molecular flexibility index (Phi) is 6.73. The highest BCUT2D eigenvalue weighted by atomic mass is 32.2. The van der Waals surface area contributed by atoms with Crippen LogP contribution in [-0.4, -0.2) is 34.5 Å². The maximum Gasteiger partial charge on any atom is 0.233 e. The monoisotopic (exact) mass is 392 g/mol. The molecule has 0 spiro atoms. The zero-order chi connectivity index (χ0) is 18.4. The number of carbonyl (C=O) groups is 1. The minimum atomic E-state index is -0.191. The van der Waals surface area contributed by atoms with E-state index in [2.05, 4.69) is 20.8 Å². The number of aromatic nitrogens is 2. The molecule has 1 saturated carbocycles. The van der Waals surface area contributed by atoms with Gasteiger partial charge in [0.2, 0.25) is 11.0 Å². The van der Waals surface area contributed by atoms with E-state index >= 15 is 0 Å². The SMILES string of the molecule is COc1ccccc1Nc1nnc(SC(C)C(=O)NC2CCCCC2)s1. The maximum atomic E-state index is 12.4. The fourth-order valence-electron chi connectivity index (χ4n) is 2.94. The van der Waals surface area contributed by atoms with Crippen molar-refractivity contribution in [3.63, 3.8) is 0 Å². The van der Waals surface area contributed by atoms with E-state index in [0.29, 0.717) is 11.2 Å². The summed E-state index contributed by atoms with van der Waals surface area (Å²) in [5, 5.41) is 15.2. The molecule has 1 heterocycles. The second kappa shape index (κ2) is 9.23. The van der Waals surface area contributed by atoms with Crippen LogP contribution in [0.2, 0.25) is 0 Å². The van der Waals surface area contributed by atoms with E-state index in [4.69, 9.17) is 4.74 Å². The van der Waals surface area contributed by atoms with Crippen LogP contribution in [0.5, 0.6) is 5.75 Å². The summed E-state index contributed by atoms with van der Waals surface area (Å²) < 4.78 is 6.10. The first-order valence-corrected chi connectivity index (χ1v) is 10.6. The summed E-state index contributed by atoms with van der Waals surface area (Å²) in [6.45, 7) is 1.91. The van der Waals surface area contributed by atoms with Crippen molar-refractivity contribution in [2.45, 2.75) is 54.7 Å². The highest BCUT2D eigenvalue weighted by Crippen LogP contribution is 2.33. The van der Waals surface area contributed by atoms with Crippen molar-refractivity contribution in [1.29, 1.82) is 0 Å². The first-order valence-electron chi connectivity index (χ1n) is 8.86. The van der Waals surface area contributed by atoms with Gasteiger partial charge in [0.25, 0.3) is 0 Å². The van der Waals surface area contributed by atoms with E-state index in [1.54, 1.807) is 7.11 Å². The number of hydrogen-bond acceptors (Lipinski definition) is 7. The van der Waals surface area contributed by atoms with Crippen molar-refractivity contribution < 1.29 is 9.53 Å². The Morgan fingerprint density at radius 1 is 1.27 bits per heavy atom. The zero-order valence-corrected chi connectivity index (χ0v) is 16.7. The Morgan fingerprint density at radius 2 is 2.04 bits per heavy atom. The molecule has 0 aliphatic heterocycles. The number of hydrogen-bond donors (Lipinski definition) is 2. The number of amides is 1. The molecule has 6 nitrogen and oxygen atoms in total. The summed E-state index contributed by atoms with van der Waals surface area (Å²) >= 11 is 2.88. The third kappa shape index (κ3) is 5.11. The van der Waals surface area contributed by atoms with Gasteiger partial charge in [0, 0.05) is 6.04 Å². The number of para-hydroxylation sites is 2. The summed E-state index contributed by atoms with van der Waals surface area (Å²) in [5.74, 6) is 0.827. The normalized spacial score (nSPS) is 16.1. The molecular weight excluding hydrogens is 368 g/mol. The van der Waals surface area contributed by atoms with Crippen LogP contribution < -0.4 is 15.4 Å². The van der Waals surface area contributed by atoms with Gasteiger partial charge in [-0.2, -0.15) is 0 Å². The highest BCUT2D eigenvalue weighted by molar-refractivity contribution is 8.02. The minimum Gasteiger partial charge on any atom is -0.495 e. The highest BCUT2D eigenvalue weighted by Gasteiger charge is 2.21. The summed E-state index contributed by atoms with van der Waals surface area (Å²) in [7, 11) is 1.63. The van der Waals surface area contributed by atoms with Crippen LogP contribution >= 0.6 is 23.1 Å². The number of anilines is 2. The molecule has 0 radical (unpaired) electrons. The molecule has 2 N–H and O–H groups in total. The van der Waals surface area contributed by atoms with E-state index in [1.165, 1.54) is 42.4 Å². The molecule has 1 aliphatic carbocycles. The molecule has 1 atom stereocenters. The topological polar surface area (TPSA) is 76.1 Å². The Balaban J connectivity index is 1.54. The third-order valence-electron chi connectivity index (χ3n) is 4.35. The number of nitrogens with zero attached hydrogens (tertiary/aromatic N) is 2. The predicted octanol–water partition coefficient (Wildman–Crippen LogP) is 4.22. The Hall–Kier alpha value is -1.80. The molecule has 1 unspecified atom stereocenters. The summed E-state index contributed by atoms with van der Waals surface area (Å²) in [6, 6.07) is 7.98. The summed E-state index contributed by atoms with van der Waals surface area (Å²) in [4.78, 5) is 12.4. The molecule has 0 bridgehead atoms. The number of carbonyl (C=O) groups excluding carboxylic acids is 1. The largest absolute Gasteiger partial charge is 0.495 e. The van der Waals surface area contributed by atoms with E-state index in [1.807, 2.05) is 31.2 Å². The molecule has 3 rings (SSSR count). The van der Waals surface area contributed by atoms with Crippen LogP contribution in [-0.2, 0) is 4.79 Å². The van der Waals surface area contributed by atoms with Gasteiger partial charge in [-0.3, -0.25) is 4.79 Å². The molecule has 1 aromatic heterocycles. The molecule has 26 heavy (non-hydrogen) atoms. The van der Waals surface area contributed by atoms with Gasteiger partial charge in [0.15, 0.2) is 4.34 Å². The predicted molar refractivity (Wildman–Crippen MR) is 107 cm³/mol. The standard InChI is InChI=1S/C18H24N4O2S2/c1-12(16(23)19-13-8-4-3-5-9-13)25-18-22-21-17(26-18)20-14-10-6-7-11-15(14)24-2/h6-7,10-13H,3-5,8-9H2,1-2H3,(H,19,23)(H,20,21). The van der Waals surface area contributed by atoms with Crippen molar-refractivity contribution in [1.82, 2.24) is 15.5 Å². The van der Waals surface area contributed by atoms with Gasteiger partial charge >= 0.3 is 0 Å². The molecule has 1 aromatic carbocycles. The van der Waals surface area contributed by atoms with Gasteiger partial charge in [0.05, 0.1) is 18.0 Å². The number of methoxy groups -OCH3 is 1. The third-order valence-corrected chi connectivity index (χ3v) is 6.38. The lowest BCUT2D eigenvalue weighted by molar-refractivity contribution is -0.121. The van der Waals surface area contributed by atoms with Crippen molar-refractivity contribution >= 4 is 39.8 Å². The van der Waals surface area contributed by atoms with Crippen molar-refractivity contribution in [2.24, 2.45) is 0 Å². The lowest BCUT2D eigenvalue weighted by Crippen LogP contribution is -2.40. The van der Waals surface area contributed by atoms with Gasteiger partial charge in [-0.25, -0.2) is 0 Å². The number of thioether (sulfide) groups is 1. The first kappa shape index (κ1) is 19.0. The molecule has 2 aromatic rings. The van der Waals surface area contributed by atoms with Gasteiger partial charge in [-0.1, -0.05) is 54.5 Å². The fourth-order valence-corrected chi connectivity index (χ4v) is 4.86. The van der Waals surface area contributed by atoms with E-state index in [0.717, 1.165) is 28.6 Å². The molecule has 8 heteroatoms. The quantitative estimate of drug-likeness (QED) is 0.687. The van der Waals surface area contributed by atoms with Crippen molar-refractivity contribution in [3.05, 3.63) is 24.3 Å². The maximum absolute atomic E-state index is 12.4. The average molecular weight is 393 g/mol. The van der Waals surface area contributed by atoms with Gasteiger partial charge < -0.3 is 15.4 Å². The number of rotatable bonds is 7. The number of nitrogens with one attached hydrogen (secondary N) is 2. The lowest BCUT2D eigenvalue weighted by Gasteiger charge is -2.24. The minimum absolute atomic E-state index is 0.0799. The Morgan fingerprint density at radius 3 is 2.81 bits per heavy atom. The first-order chi connectivity index (χ1) is 12.7. The van der Waals surface area contributed by atoms with E-state index in [-0.39, 0.29) is 11.2 Å². The van der Waals surface area contributed by atoms with Crippen molar-refractivity contribution in [3.8, 4) is 5.75 Å². The lowest BCUT2D eigenvalue weighted by atomic mass is 9.95. The molecule has 1 fully saturated rings. The molecule has 1 aliphatic rings. The van der Waals surface area contributed by atoms with Gasteiger partial charge in [0.1, 0.15) is 5.75 Å². The van der Waals surface area contributed by atoms with Gasteiger partial charge in [-0.05, 0) is 31.9 Å². The van der Waals surface area contributed by atoms with Crippen LogP contribution in [0.3, 0.4) is 0 Å². The fraction of sp³-hybridized carbons (Fsp3) is 0.500. The summed E-state index contributed by atoms with van der Waals surface area (Å²) in [5.41, 5.74) is 0.839. The van der Waals surface area contributed by atoms with Crippen LogP contribution in [0.15, 0.2) is 28.6 Å². The van der Waals surface area contributed by atoms with Crippen LogP contribution in [0.25, 0.3) is 0 Å².